The minimum atomic E-state index is -0.869. The summed E-state index contributed by atoms with van der Waals surface area (Å²) in [4.78, 5) is 26.8. The molecule has 7 nitrogen and oxygen atoms in total. The van der Waals surface area contributed by atoms with E-state index in [-0.39, 0.29) is 5.91 Å². The van der Waals surface area contributed by atoms with Crippen molar-refractivity contribution in [3.8, 4) is 0 Å². The Morgan fingerprint density at radius 2 is 1.96 bits per heavy atom. The summed E-state index contributed by atoms with van der Waals surface area (Å²) in [7, 11) is 0. The predicted molar refractivity (Wildman–Crippen MR) is 102 cm³/mol. The molecule has 0 spiro atoms. The lowest BCUT2D eigenvalue weighted by atomic mass is 9.87. The maximum absolute atomic E-state index is 12.7. The third-order valence-corrected chi connectivity index (χ3v) is 5.09. The number of anilines is 2. The number of para-hydroxylation sites is 1. The molecule has 1 fully saturated rings. The van der Waals surface area contributed by atoms with Crippen molar-refractivity contribution in [3.05, 3.63) is 48.4 Å². The first-order valence-electron chi connectivity index (χ1n) is 8.76. The van der Waals surface area contributed by atoms with Crippen LogP contribution < -0.4 is 16.0 Å². The zero-order chi connectivity index (χ0) is 18.1. The number of hydrogen-bond donors (Lipinski definition) is 3. The van der Waals surface area contributed by atoms with Crippen LogP contribution in [-0.4, -0.2) is 39.5 Å². The van der Waals surface area contributed by atoms with Crippen molar-refractivity contribution in [1.29, 1.82) is 0 Å². The number of rotatable bonds is 3. The number of hydrogen-bond acceptors (Lipinski definition) is 5. The minimum absolute atomic E-state index is 0.131. The molecular formula is C19H22N6O. The molecule has 1 aromatic carbocycles. The van der Waals surface area contributed by atoms with Crippen LogP contribution in [0.15, 0.2) is 42.9 Å². The van der Waals surface area contributed by atoms with Crippen molar-refractivity contribution in [1.82, 2.24) is 15.0 Å². The Morgan fingerprint density at radius 3 is 2.69 bits per heavy atom. The van der Waals surface area contributed by atoms with E-state index in [4.69, 9.17) is 5.73 Å². The number of carbonyl (C=O) groups excluding carboxylic acids is 1. The molecule has 1 saturated heterocycles. The third kappa shape index (κ3) is 2.90. The molecule has 3 aromatic rings. The standard InChI is InChI=1S/C19H22N6O/c1-13-11-21-16-15(13)17(23-12-22-16)25-9-7-19(20,8-10-25)18(26)24-14-5-3-2-4-6-14/h2-6,11-12H,7-10,20H2,1H3,(H,24,26)(H,21,22,23). The van der Waals surface area contributed by atoms with Crippen molar-refractivity contribution < 1.29 is 4.79 Å². The summed E-state index contributed by atoms with van der Waals surface area (Å²) < 4.78 is 0. The van der Waals surface area contributed by atoms with Gasteiger partial charge in [0.2, 0.25) is 5.91 Å². The van der Waals surface area contributed by atoms with Gasteiger partial charge in [0.15, 0.2) is 0 Å². The van der Waals surface area contributed by atoms with Gasteiger partial charge in [-0.1, -0.05) is 18.2 Å². The van der Waals surface area contributed by atoms with Gasteiger partial charge in [-0.15, -0.1) is 0 Å². The highest BCUT2D eigenvalue weighted by molar-refractivity contribution is 5.98. The number of fused-ring (bicyclic) bond motifs is 1. The van der Waals surface area contributed by atoms with Crippen molar-refractivity contribution in [2.75, 3.05) is 23.3 Å². The fourth-order valence-electron chi connectivity index (χ4n) is 3.46. The molecule has 3 heterocycles. The highest BCUT2D eigenvalue weighted by atomic mass is 16.2. The number of nitrogens with two attached hydrogens (primary N) is 1. The second kappa shape index (κ2) is 6.42. The van der Waals surface area contributed by atoms with Crippen LogP contribution in [0.1, 0.15) is 18.4 Å². The fraction of sp³-hybridized carbons (Fsp3) is 0.316. The first kappa shape index (κ1) is 16.5. The van der Waals surface area contributed by atoms with Crippen LogP contribution in [0.3, 0.4) is 0 Å². The maximum Gasteiger partial charge on any atom is 0.244 e. The van der Waals surface area contributed by atoms with E-state index in [1.54, 1.807) is 6.33 Å². The molecule has 4 N–H and O–H groups in total. The third-order valence-electron chi connectivity index (χ3n) is 5.09. The molecule has 0 atom stereocenters. The van der Waals surface area contributed by atoms with E-state index in [0.717, 1.165) is 28.1 Å². The van der Waals surface area contributed by atoms with E-state index in [9.17, 15) is 4.79 Å². The van der Waals surface area contributed by atoms with E-state index in [0.29, 0.717) is 25.9 Å². The van der Waals surface area contributed by atoms with Crippen molar-refractivity contribution in [2.24, 2.45) is 5.73 Å². The maximum atomic E-state index is 12.7. The molecule has 0 bridgehead atoms. The lowest BCUT2D eigenvalue weighted by Gasteiger charge is -2.38. The number of benzene rings is 1. The average Bonchev–Trinajstić information content (AvgIpc) is 3.05. The molecule has 0 radical (unpaired) electrons. The summed E-state index contributed by atoms with van der Waals surface area (Å²) in [6.45, 7) is 3.39. The molecule has 4 rings (SSSR count). The van der Waals surface area contributed by atoms with E-state index >= 15 is 0 Å². The number of piperidine rings is 1. The molecule has 0 unspecified atom stereocenters. The lowest BCUT2D eigenvalue weighted by Crippen LogP contribution is -2.58. The van der Waals surface area contributed by atoms with Crippen LogP contribution in [0.25, 0.3) is 11.0 Å². The number of amides is 1. The first-order valence-corrected chi connectivity index (χ1v) is 8.76. The van der Waals surface area contributed by atoms with E-state index in [1.807, 2.05) is 43.5 Å². The summed E-state index contributed by atoms with van der Waals surface area (Å²) in [5.41, 5.74) is 8.28. The zero-order valence-corrected chi connectivity index (χ0v) is 14.7. The van der Waals surface area contributed by atoms with Gasteiger partial charge in [0.1, 0.15) is 17.8 Å². The molecule has 2 aromatic heterocycles. The zero-order valence-electron chi connectivity index (χ0n) is 14.7. The van der Waals surface area contributed by atoms with Gasteiger partial charge in [-0.25, -0.2) is 9.97 Å². The van der Waals surface area contributed by atoms with E-state index < -0.39 is 5.54 Å². The molecular weight excluding hydrogens is 328 g/mol. The van der Waals surface area contributed by atoms with Crippen molar-refractivity contribution >= 4 is 28.4 Å². The van der Waals surface area contributed by atoms with Crippen LogP contribution in [0.4, 0.5) is 11.5 Å². The van der Waals surface area contributed by atoms with Gasteiger partial charge in [-0.05, 0) is 37.5 Å². The van der Waals surface area contributed by atoms with Crippen LogP contribution in [0.5, 0.6) is 0 Å². The SMILES string of the molecule is Cc1c[nH]c2ncnc(N3CCC(N)(C(=O)Nc4ccccc4)CC3)c12. The van der Waals surface area contributed by atoms with Gasteiger partial charge in [-0.2, -0.15) is 0 Å². The van der Waals surface area contributed by atoms with Gasteiger partial charge in [0.05, 0.1) is 10.9 Å². The molecule has 26 heavy (non-hydrogen) atoms. The monoisotopic (exact) mass is 350 g/mol. The normalized spacial score (nSPS) is 16.6. The number of H-pyrrole nitrogens is 1. The quantitative estimate of drug-likeness (QED) is 0.672. The Balaban J connectivity index is 1.49. The number of aromatic amines is 1. The van der Waals surface area contributed by atoms with Crippen LogP contribution in [0.2, 0.25) is 0 Å². The van der Waals surface area contributed by atoms with E-state index in [1.165, 1.54) is 0 Å². The second-order valence-corrected chi connectivity index (χ2v) is 6.86. The van der Waals surface area contributed by atoms with Gasteiger partial charge in [0, 0.05) is 25.0 Å². The van der Waals surface area contributed by atoms with Gasteiger partial charge >= 0.3 is 0 Å². The number of aromatic nitrogens is 3. The second-order valence-electron chi connectivity index (χ2n) is 6.86. The smallest absolute Gasteiger partial charge is 0.244 e. The first-order chi connectivity index (χ1) is 12.6. The van der Waals surface area contributed by atoms with Crippen molar-refractivity contribution in [3.63, 3.8) is 0 Å². The number of nitrogens with one attached hydrogen (secondary N) is 2. The van der Waals surface area contributed by atoms with Crippen LogP contribution >= 0.6 is 0 Å². The Bertz CT molecular complexity index is 928. The molecule has 7 heteroatoms. The topological polar surface area (TPSA) is 99.9 Å². The Kier molecular flexibility index (Phi) is 4.08. The largest absolute Gasteiger partial charge is 0.356 e. The summed E-state index contributed by atoms with van der Waals surface area (Å²) >= 11 is 0. The van der Waals surface area contributed by atoms with E-state index in [2.05, 4.69) is 25.2 Å². The van der Waals surface area contributed by atoms with Gasteiger partial charge in [0.25, 0.3) is 0 Å². The number of carbonyl (C=O) groups is 1. The van der Waals surface area contributed by atoms with Crippen LogP contribution in [0, 0.1) is 6.92 Å². The summed E-state index contributed by atoms with van der Waals surface area (Å²) in [5.74, 6) is 0.772. The lowest BCUT2D eigenvalue weighted by molar-refractivity contribution is -0.121. The van der Waals surface area contributed by atoms with Crippen LogP contribution in [-0.2, 0) is 4.79 Å². The molecule has 1 aliphatic rings. The van der Waals surface area contributed by atoms with Crippen molar-refractivity contribution in [2.45, 2.75) is 25.3 Å². The molecule has 1 aliphatic heterocycles. The number of nitrogens with zero attached hydrogens (tertiary/aromatic N) is 3. The number of aryl methyl sites for hydroxylation is 1. The summed E-state index contributed by atoms with van der Waals surface area (Å²) in [6, 6.07) is 9.42. The predicted octanol–water partition coefficient (Wildman–Crippen LogP) is 2.20. The molecule has 134 valence electrons. The van der Waals surface area contributed by atoms with Gasteiger partial charge < -0.3 is 20.9 Å². The Morgan fingerprint density at radius 1 is 1.23 bits per heavy atom. The summed E-state index contributed by atoms with van der Waals surface area (Å²) in [6.07, 6.45) is 4.65. The molecule has 1 amide bonds. The Hall–Kier alpha value is -2.93. The Labute approximate surface area is 151 Å². The average molecular weight is 350 g/mol. The minimum Gasteiger partial charge on any atom is -0.356 e. The molecule has 0 saturated carbocycles. The highest BCUT2D eigenvalue weighted by Gasteiger charge is 2.38. The van der Waals surface area contributed by atoms with Gasteiger partial charge in [-0.3, -0.25) is 4.79 Å². The summed E-state index contributed by atoms with van der Waals surface area (Å²) in [5, 5.41) is 3.96. The molecule has 0 aliphatic carbocycles. The highest BCUT2D eigenvalue weighted by Crippen LogP contribution is 2.30. The fourth-order valence-corrected chi connectivity index (χ4v) is 3.46.